The number of carbonyl (C=O) groups excluding carboxylic acids is 2. The van der Waals surface area contributed by atoms with E-state index in [0.717, 1.165) is 0 Å². The van der Waals surface area contributed by atoms with Gasteiger partial charge in [0, 0.05) is 6.42 Å². The van der Waals surface area contributed by atoms with Gasteiger partial charge in [-0.05, 0) is 39.0 Å². The van der Waals surface area contributed by atoms with Crippen molar-refractivity contribution in [2.24, 2.45) is 5.92 Å². The fourth-order valence-corrected chi connectivity index (χ4v) is 2.63. The molecule has 1 saturated carbocycles. The molecule has 124 valence electrons. The highest BCUT2D eigenvalue weighted by Gasteiger charge is 2.36. The van der Waals surface area contributed by atoms with Crippen LogP contribution < -0.4 is 15.4 Å². The lowest BCUT2D eigenvalue weighted by Crippen LogP contribution is -2.62. The molecule has 23 heavy (non-hydrogen) atoms. The number of aromatic nitrogens is 2. The van der Waals surface area contributed by atoms with Crippen molar-refractivity contribution in [1.29, 1.82) is 0 Å². The third kappa shape index (κ3) is 3.97. The van der Waals surface area contributed by atoms with Gasteiger partial charge >= 0.3 is 0 Å². The Labute approximate surface area is 135 Å². The molecule has 3 rings (SSSR count). The Morgan fingerprint density at radius 3 is 2.74 bits per heavy atom. The second-order valence-corrected chi connectivity index (χ2v) is 6.83. The van der Waals surface area contributed by atoms with Gasteiger partial charge in [0.05, 0.1) is 30.6 Å². The molecule has 1 atom stereocenters. The summed E-state index contributed by atoms with van der Waals surface area (Å²) in [4.78, 5) is 32.0. The maximum absolute atomic E-state index is 12.3. The molecular weight excluding hydrogens is 296 g/mol. The van der Waals surface area contributed by atoms with Crippen molar-refractivity contribution in [1.82, 2.24) is 20.6 Å². The molecule has 0 aromatic carbocycles. The van der Waals surface area contributed by atoms with E-state index < -0.39 is 5.54 Å². The molecule has 7 heteroatoms. The highest BCUT2D eigenvalue weighted by molar-refractivity contribution is 5.92. The molecule has 1 aliphatic carbocycles. The summed E-state index contributed by atoms with van der Waals surface area (Å²) in [6.45, 7) is 4.46. The maximum Gasteiger partial charge on any atom is 0.271 e. The minimum atomic E-state index is -0.480. The number of amides is 2. The van der Waals surface area contributed by atoms with Crippen LogP contribution in [0.5, 0.6) is 5.88 Å². The first-order chi connectivity index (χ1) is 10.9. The van der Waals surface area contributed by atoms with Gasteiger partial charge in [0.15, 0.2) is 0 Å². The molecular formula is C16H22N4O3. The summed E-state index contributed by atoms with van der Waals surface area (Å²) in [5.41, 5.74) is -0.234. The molecule has 2 fully saturated rings. The summed E-state index contributed by atoms with van der Waals surface area (Å²) in [5, 5.41) is 5.82. The van der Waals surface area contributed by atoms with Gasteiger partial charge in [0.25, 0.3) is 5.91 Å². The predicted molar refractivity (Wildman–Crippen MR) is 83.0 cm³/mol. The lowest BCUT2D eigenvalue weighted by atomic mass is 9.87. The summed E-state index contributed by atoms with van der Waals surface area (Å²) in [6, 6.07) is -0.139. The van der Waals surface area contributed by atoms with Gasteiger partial charge in [0.1, 0.15) is 5.69 Å². The third-order valence-electron chi connectivity index (χ3n) is 4.32. The lowest BCUT2D eigenvalue weighted by molar-refractivity contribution is -0.125. The quantitative estimate of drug-likeness (QED) is 0.846. The molecule has 2 N–H and O–H groups in total. The normalized spacial score (nSPS) is 23.0. The smallest absolute Gasteiger partial charge is 0.271 e. The Bertz CT molecular complexity index is 596. The van der Waals surface area contributed by atoms with Crippen LogP contribution in [0.25, 0.3) is 0 Å². The molecule has 2 amide bonds. The van der Waals surface area contributed by atoms with E-state index in [4.69, 9.17) is 4.74 Å². The molecule has 1 aliphatic heterocycles. The van der Waals surface area contributed by atoms with Crippen LogP contribution in [0.1, 0.15) is 50.0 Å². The molecule has 1 unspecified atom stereocenters. The first-order valence-corrected chi connectivity index (χ1v) is 8.01. The van der Waals surface area contributed by atoms with Gasteiger partial charge in [-0.1, -0.05) is 0 Å². The number of hydrogen-bond donors (Lipinski definition) is 2. The van der Waals surface area contributed by atoms with E-state index >= 15 is 0 Å². The van der Waals surface area contributed by atoms with Crippen molar-refractivity contribution in [3.8, 4) is 5.88 Å². The highest BCUT2D eigenvalue weighted by Crippen LogP contribution is 2.29. The van der Waals surface area contributed by atoms with E-state index in [1.165, 1.54) is 25.2 Å². The zero-order chi connectivity index (χ0) is 16.4. The number of hydrogen-bond acceptors (Lipinski definition) is 5. The summed E-state index contributed by atoms with van der Waals surface area (Å²) in [7, 11) is 0. The Kier molecular flexibility index (Phi) is 4.19. The average molecular weight is 318 g/mol. The van der Waals surface area contributed by atoms with E-state index in [2.05, 4.69) is 20.6 Å². The van der Waals surface area contributed by atoms with Gasteiger partial charge in [0.2, 0.25) is 11.8 Å². The van der Waals surface area contributed by atoms with E-state index in [1.54, 1.807) is 0 Å². The first kappa shape index (κ1) is 15.7. The van der Waals surface area contributed by atoms with Crippen molar-refractivity contribution in [3.05, 3.63) is 18.1 Å². The minimum absolute atomic E-state index is 0.0115. The first-order valence-electron chi connectivity index (χ1n) is 8.01. The third-order valence-corrected chi connectivity index (χ3v) is 4.32. The molecule has 1 aromatic rings. The van der Waals surface area contributed by atoms with Crippen molar-refractivity contribution >= 4 is 11.8 Å². The second-order valence-electron chi connectivity index (χ2n) is 6.83. The van der Waals surface area contributed by atoms with Crippen molar-refractivity contribution in [2.75, 3.05) is 6.61 Å². The van der Waals surface area contributed by atoms with Gasteiger partial charge in [-0.3, -0.25) is 9.59 Å². The fourth-order valence-electron chi connectivity index (χ4n) is 2.63. The Balaban J connectivity index is 1.57. The molecule has 0 bridgehead atoms. The molecule has 1 saturated heterocycles. The summed E-state index contributed by atoms with van der Waals surface area (Å²) < 4.78 is 5.51. The van der Waals surface area contributed by atoms with Gasteiger partial charge in [-0.2, -0.15) is 0 Å². The Morgan fingerprint density at radius 1 is 1.35 bits per heavy atom. The molecule has 1 aromatic heterocycles. The Morgan fingerprint density at radius 2 is 2.13 bits per heavy atom. The van der Waals surface area contributed by atoms with E-state index in [1.807, 2.05) is 13.8 Å². The largest absolute Gasteiger partial charge is 0.476 e. The number of carbonyl (C=O) groups is 2. The lowest BCUT2D eigenvalue weighted by Gasteiger charge is -2.39. The predicted octanol–water partition coefficient (Wildman–Crippen LogP) is 1.05. The fraction of sp³-hybridized carbons (Fsp3) is 0.625. The van der Waals surface area contributed by atoms with Crippen LogP contribution in [-0.2, 0) is 4.79 Å². The van der Waals surface area contributed by atoms with E-state index in [-0.39, 0.29) is 23.6 Å². The van der Waals surface area contributed by atoms with Crippen molar-refractivity contribution < 1.29 is 14.3 Å². The van der Waals surface area contributed by atoms with Crippen LogP contribution >= 0.6 is 0 Å². The monoisotopic (exact) mass is 318 g/mol. The number of nitrogens with zero attached hydrogens (tertiary/aromatic N) is 2. The molecule has 7 nitrogen and oxygen atoms in total. The Hall–Kier alpha value is -2.18. The van der Waals surface area contributed by atoms with Crippen molar-refractivity contribution in [2.45, 2.75) is 51.1 Å². The standard InChI is InChI=1S/C16H22N4O3/c1-16(2)12(5-6-13(21)20-16)19-15(22)11-7-18-14(8-17-11)23-9-10-3-4-10/h7-8,10,12H,3-6,9H2,1-2H3,(H,19,22)(H,20,21). The summed E-state index contributed by atoms with van der Waals surface area (Å²) >= 11 is 0. The average Bonchev–Trinajstić information content (AvgIpc) is 3.32. The van der Waals surface area contributed by atoms with Crippen LogP contribution in [0.2, 0.25) is 0 Å². The van der Waals surface area contributed by atoms with Crippen LogP contribution in [0.4, 0.5) is 0 Å². The van der Waals surface area contributed by atoms with Crippen molar-refractivity contribution in [3.63, 3.8) is 0 Å². The zero-order valence-electron chi connectivity index (χ0n) is 13.5. The van der Waals surface area contributed by atoms with Crippen LogP contribution in [-0.4, -0.2) is 40.0 Å². The number of piperidine rings is 1. The van der Waals surface area contributed by atoms with Gasteiger partial charge < -0.3 is 15.4 Å². The molecule has 2 aliphatic rings. The maximum atomic E-state index is 12.3. The SMILES string of the molecule is CC1(C)NC(=O)CCC1NC(=O)c1cnc(OCC2CC2)cn1. The van der Waals surface area contributed by atoms with Crippen LogP contribution in [0.3, 0.4) is 0 Å². The molecule has 2 heterocycles. The minimum Gasteiger partial charge on any atom is -0.476 e. The number of nitrogens with one attached hydrogen (secondary N) is 2. The zero-order valence-corrected chi connectivity index (χ0v) is 13.5. The van der Waals surface area contributed by atoms with Gasteiger partial charge in [-0.15, -0.1) is 0 Å². The number of rotatable bonds is 5. The van der Waals surface area contributed by atoms with Crippen LogP contribution in [0, 0.1) is 5.92 Å². The number of ether oxygens (including phenoxy) is 1. The molecule has 0 spiro atoms. The molecule has 0 radical (unpaired) electrons. The van der Waals surface area contributed by atoms with Gasteiger partial charge in [-0.25, -0.2) is 9.97 Å². The topological polar surface area (TPSA) is 93.2 Å². The van der Waals surface area contributed by atoms with Crippen LogP contribution in [0.15, 0.2) is 12.4 Å². The highest BCUT2D eigenvalue weighted by atomic mass is 16.5. The van der Waals surface area contributed by atoms with E-state index in [9.17, 15) is 9.59 Å². The summed E-state index contributed by atoms with van der Waals surface area (Å²) in [6.07, 6.45) is 6.34. The van der Waals surface area contributed by atoms with E-state index in [0.29, 0.717) is 31.2 Å². The summed E-state index contributed by atoms with van der Waals surface area (Å²) in [5.74, 6) is 0.806. The second kappa shape index (κ2) is 6.14.